The van der Waals surface area contributed by atoms with Crippen LogP contribution in [0, 0.1) is 11.3 Å². The number of carbonyl (C=O) groups is 1. The number of thioether (sulfide) groups is 1. The lowest BCUT2D eigenvalue weighted by atomic mass is 10.2. The van der Waals surface area contributed by atoms with Crippen LogP contribution in [0.25, 0.3) is 10.2 Å². The van der Waals surface area contributed by atoms with Crippen molar-refractivity contribution in [2.75, 3.05) is 11.9 Å². The summed E-state index contributed by atoms with van der Waals surface area (Å²) in [5.41, 5.74) is 0.948. The van der Waals surface area contributed by atoms with Crippen LogP contribution in [0.1, 0.15) is 5.56 Å². The van der Waals surface area contributed by atoms with Crippen LogP contribution < -0.4 is 10.1 Å². The molecule has 0 atom stereocenters. The Balaban J connectivity index is 1.64. The minimum atomic E-state index is -2.49. The van der Waals surface area contributed by atoms with Gasteiger partial charge in [-0.1, -0.05) is 35.2 Å². The molecule has 0 spiro atoms. The largest absolute Gasteiger partial charge is 0.482 e. The zero-order valence-corrected chi connectivity index (χ0v) is 14.7. The highest BCUT2D eigenvalue weighted by Gasteiger charge is 2.12. The molecule has 0 fully saturated rings. The van der Waals surface area contributed by atoms with E-state index in [1.807, 2.05) is 6.07 Å². The zero-order valence-electron chi connectivity index (χ0n) is 13.1. The minimum absolute atomic E-state index is 0.277. The molecule has 26 heavy (non-hydrogen) atoms. The number of amides is 1. The summed E-state index contributed by atoms with van der Waals surface area (Å²) in [7, 11) is 0. The fourth-order valence-corrected chi connectivity index (χ4v) is 3.65. The number of alkyl halides is 2. The molecule has 0 aliphatic carbocycles. The average molecular weight is 391 g/mol. The SMILES string of the molecule is N#Cc1ccccc1OCC(=O)Nc1nc2ccc(SC(F)F)cc2s1. The molecule has 0 bridgehead atoms. The van der Waals surface area contributed by atoms with Crippen LogP contribution in [0.5, 0.6) is 5.75 Å². The fourth-order valence-electron chi connectivity index (χ4n) is 2.12. The molecule has 132 valence electrons. The van der Waals surface area contributed by atoms with E-state index in [0.717, 1.165) is 0 Å². The third-order valence-electron chi connectivity index (χ3n) is 3.20. The summed E-state index contributed by atoms with van der Waals surface area (Å²) < 4.78 is 30.9. The Morgan fingerprint density at radius 3 is 2.92 bits per heavy atom. The summed E-state index contributed by atoms with van der Waals surface area (Å²) >= 11 is 1.64. The van der Waals surface area contributed by atoms with Crippen molar-refractivity contribution in [3.8, 4) is 11.8 Å². The highest BCUT2D eigenvalue weighted by atomic mass is 32.2. The van der Waals surface area contributed by atoms with Gasteiger partial charge in [0.2, 0.25) is 0 Å². The van der Waals surface area contributed by atoms with Gasteiger partial charge in [0.1, 0.15) is 11.8 Å². The Bertz CT molecular complexity index is 986. The number of nitriles is 1. The van der Waals surface area contributed by atoms with Crippen molar-refractivity contribution < 1.29 is 18.3 Å². The van der Waals surface area contributed by atoms with Gasteiger partial charge < -0.3 is 4.74 Å². The second-order valence-electron chi connectivity index (χ2n) is 4.97. The van der Waals surface area contributed by atoms with E-state index in [-0.39, 0.29) is 6.61 Å². The first-order valence-electron chi connectivity index (χ1n) is 7.32. The van der Waals surface area contributed by atoms with Crippen LogP contribution in [-0.2, 0) is 4.79 Å². The van der Waals surface area contributed by atoms with E-state index >= 15 is 0 Å². The molecule has 1 N–H and O–H groups in total. The number of hydrogen-bond acceptors (Lipinski definition) is 6. The topological polar surface area (TPSA) is 75.0 Å². The molecule has 5 nitrogen and oxygen atoms in total. The quantitative estimate of drug-likeness (QED) is 0.626. The third kappa shape index (κ3) is 4.47. The van der Waals surface area contributed by atoms with Crippen LogP contribution in [0.4, 0.5) is 13.9 Å². The smallest absolute Gasteiger partial charge is 0.288 e. The summed E-state index contributed by atoms with van der Waals surface area (Å²) in [5.74, 6) is -2.60. The molecule has 0 saturated heterocycles. The molecule has 0 radical (unpaired) electrons. The van der Waals surface area contributed by atoms with Gasteiger partial charge >= 0.3 is 0 Å². The van der Waals surface area contributed by atoms with Crippen LogP contribution in [0.3, 0.4) is 0 Å². The second-order valence-corrected chi connectivity index (χ2v) is 7.07. The molecule has 0 unspecified atom stereocenters. The van der Waals surface area contributed by atoms with Crippen LogP contribution >= 0.6 is 23.1 Å². The summed E-state index contributed by atoms with van der Waals surface area (Å²) in [6.07, 6.45) is 0. The van der Waals surface area contributed by atoms with Gasteiger partial charge in [-0.15, -0.1) is 0 Å². The van der Waals surface area contributed by atoms with Crippen molar-refractivity contribution in [1.82, 2.24) is 4.98 Å². The number of aromatic nitrogens is 1. The van der Waals surface area contributed by atoms with Gasteiger partial charge in [-0.2, -0.15) is 14.0 Å². The number of fused-ring (bicyclic) bond motifs is 1. The molecule has 3 rings (SSSR count). The molecule has 1 heterocycles. The standard InChI is InChI=1S/C17H11F2N3O2S2/c18-16(19)25-11-5-6-12-14(7-11)26-17(21-12)22-15(23)9-24-13-4-2-1-3-10(13)8-20/h1-7,16H,9H2,(H,21,22,23). The lowest BCUT2D eigenvalue weighted by molar-refractivity contribution is -0.118. The Morgan fingerprint density at radius 2 is 2.15 bits per heavy atom. The number of halogens is 2. The van der Waals surface area contributed by atoms with E-state index in [1.165, 1.54) is 11.3 Å². The van der Waals surface area contributed by atoms with Gasteiger partial charge in [0.25, 0.3) is 11.7 Å². The molecule has 2 aromatic carbocycles. The average Bonchev–Trinajstić information content (AvgIpc) is 3.01. The molecular weight excluding hydrogens is 380 g/mol. The molecule has 3 aromatic rings. The van der Waals surface area contributed by atoms with E-state index in [9.17, 15) is 13.6 Å². The van der Waals surface area contributed by atoms with Gasteiger partial charge in [0.05, 0.1) is 15.8 Å². The van der Waals surface area contributed by atoms with Gasteiger partial charge in [0, 0.05) is 4.90 Å². The van der Waals surface area contributed by atoms with Crippen LogP contribution in [0.2, 0.25) is 0 Å². The number of carbonyl (C=O) groups excluding carboxylic acids is 1. The Hall–Kier alpha value is -2.70. The minimum Gasteiger partial charge on any atom is -0.482 e. The van der Waals surface area contributed by atoms with Crippen molar-refractivity contribution in [3.05, 3.63) is 48.0 Å². The summed E-state index contributed by atoms with van der Waals surface area (Å²) in [5, 5.41) is 11.9. The van der Waals surface area contributed by atoms with E-state index in [2.05, 4.69) is 10.3 Å². The maximum Gasteiger partial charge on any atom is 0.288 e. The first kappa shape index (κ1) is 18.1. The van der Waals surface area contributed by atoms with E-state index < -0.39 is 11.7 Å². The molecule has 0 aliphatic heterocycles. The number of nitrogens with one attached hydrogen (secondary N) is 1. The van der Waals surface area contributed by atoms with Crippen LogP contribution in [0.15, 0.2) is 47.4 Å². The lowest BCUT2D eigenvalue weighted by Crippen LogP contribution is -2.20. The molecular formula is C17H11F2N3O2S2. The molecule has 1 aromatic heterocycles. The normalized spacial score (nSPS) is 10.7. The lowest BCUT2D eigenvalue weighted by Gasteiger charge is -2.06. The highest BCUT2D eigenvalue weighted by molar-refractivity contribution is 7.99. The first-order valence-corrected chi connectivity index (χ1v) is 9.02. The Morgan fingerprint density at radius 1 is 1.35 bits per heavy atom. The van der Waals surface area contributed by atoms with Crippen molar-refractivity contribution in [2.45, 2.75) is 10.7 Å². The molecule has 9 heteroatoms. The van der Waals surface area contributed by atoms with Gasteiger partial charge in [-0.05, 0) is 30.3 Å². The van der Waals surface area contributed by atoms with Gasteiger partial charge in [0.15, 0.2) is 11.7 Å². The van der Waals surface area contributed by atoms with Crippen molar-refractivity contribution in [1.29, 1.82) is 5.26 Å². The summed E-state index contributed by atoms with van der Waals surface area (Å²) in [6.45, 7) is -0.277. The number of para-hydroxylation sites is 1. The van der Waals surface area contributed by atoms with Gasteiger partial charge in [-0.3, -0.25) is 10.1 Å². The van der Waals surface area contributed by atoms with Crippen molar-refractivity contribution in [2.24, 2.45) is 0 Å². The molecule has 1 amide bonds. The Kier molecular flexibility index (Phi) is 5.65. The zero-order chi connectivity index (χ0) is 18.5. The van der Waals surface area contributed by atoms with E-state index in [1.54, 1.807) is 42.5 Å². The molecule has 0 saturated carbocycles. The maximum atomic E-state index is 12.4. The number of benzene rings is 2. The van der Waals surface area contributed by atoms with Crippen LogP contribution in [-0.4, -0.2) is 23.3 Å². The predicted molar refractivity (Wildman–Crippen MR) is 96.8 cm³/mol. The highest BCUT2D eigenvalue weighted by Crippen LogP contribution is 2.32. The van der Waals surface area contributed by atoms with E-state index in [0.29, 0.717) is 43.3 Å². The Labute approximate surface area is 155 Å². The third-order valence-corrected chi connectivity index (χ3v) is 4.84. The monoisotopic (exact) mass is 391 g/mol. The maximum absolute atomic E-state index is 12.4. The number of rotatable bonds is 6. The fraction of sp³-hybridized carbons (Fsp3) is 0.118. The number of thiazole rings is 1. The number of anilines is 1. The summed E-state index contributed by atoms with van der Waals surface area (Å²) in [4.78, 5) is 16.7. The number of nitrogens with zero attached hydrogens (tertiary/aromatic N) is 2. The second kappa shape index (κ2) is 8.12. The van der Waals surface area contributed by atoms with Crippen molar-refractivity contribution in [3.63, 3.8) is 0 Å². The van der Waals surface area contributed by atoms with E-state index in [4.69, 9.17) is 10.00 Å². The summed E-state index contributed by atoms with van der Waals surface area (Å²) in [6, 6.07) is 13.4. The van der Waals surface area contributed by atoms with Gasteiger partial charge in [-0.25, -0.2) is 4.98 Å². The molecule has 0 aliphatic rings. The predicted octanol–water partition coefficient (Wildman–Crippen LogP) is 4.50. The number of hydrogen-bond donors (Lipinski definition) is 1. The van der Waals surface area contributed by atoms with Crippen molar-refractivity contribution >= 4 is 44.4 Å². The number of ether oxygens (including phenoxy) is 1. The first-order chi connectivity index (χ1) is 12.5.